The van der Waals surface area contributed by atoms with Gasteiger partial charge < -0.3 is 15.4 Å². The number of ether oxygens (including phenoxy) is 1. The number of amides is 2. The quantitative estimate of drug-likeness (QED) is 0.725. The smallest absolute Gasteiger partial charge is 0.262 e. The minimum Gasteiger partial charge on any atom is -0.482 e. The minimum atomic E-state index is -3.96. The molecule has 2 aliphatic heterocycles. The second-order valence-electron chi connectivity index (χ2n) is 7.62. The summed E-state index contributed by atoms with van der Waals surface area (Å²) >= 11 is 6.24. The monoisotopic (exact) mass is 463 g/mol. The van der Waals surface area contributed by atoms with E-state index in [1.807, 2.05) is 31.2 Å². The Morgan fingerprint density at radius 1 is 1.29 bits per heavy atom. The average Bonchev–Trinajstić information content (AvgIpc) is 2.74. The maximum Gasteiger partial charge on any atom is 0.262 e. The summed E-state index contributed by atoms with van der Waals surface area (Å²) in [4.78, 5) is 24.2. The normalized spacial score (nSPS) is 19.2. The highest BCUT2D eigenvalue weighted by Crippen LogP contribution is 2.37. The second-order valence-corrected chi connectivity index (χ2v) is 9.94. The molecule has 1 fully saturated rings. The number of nitrogens with one attached hydrogen (secondary N) is 2. The molecule has 2 aromatic rings. The molecule has 10 heteroatoms. The maximum atomic E-state index is 13.3. The first-order valence-corrected chi connectivity index (χ1v) is 11.7. The molecular weight excluding hydrogens is 442 g/mol. The van der Waals surface area contributed by atoms with Crippen LogP contribution in [0.3, 0.4) is 0 Å². The fourth-order valence-corrected chi connectivity index (χ4v) is 5.78. The molecule has 0 spiro atoms. The van der Waals surface area contributed by atoms with Crippen molar-refractivity contribution in [3.63, 3.8) is 0 Å². The Labute approximate surface area is 185 Å². The van der Waals surface area contributed by atoms with Crippen molar-refractivity contribution in [2.75, 3.05) is 30.3 Å². The lowest BCUT2D eigenvalue weighted by atomic mass is 9.98. The molecule has 0 bridgehead atoms. The number of benzene rings is 2. The highest BCUT2D eigenvalue weighted by molar-refractivity contribution is 7.89. The number of hydrogen-bond donors (Lipinski definition) is 2. The van der Waals surface area contributed by atoms with E-state index in [-0.39, 0.29) is 40.6 Å². The number of sulfonamides is 1. The van der Waals surface area contributed by atoms with Gasteiger partial charge in [-0.1, -0.05) is 29.8 Å². The molecule has 0 unspecified atom stereocenters. The Morgan fingerprint density at radius 2 is 2.06 bits per heavy atom. The van der Waals surface area contributed by atoms with Gasteiger partial charge in [0.25, 0.3) is 5.91 Å². The van der Waals surface area contributed by atoms with E-state index in [4.69, 9.17) is 16.3 Å². The minimum absolute atomic E-state index is 0.0176. The topological polar surface area (TPSA) is 105 Å². The molecule has 0 saturated carbocycles. The number of aryl methyl sites for hydroxylation is 1. The largest absolute Gasteiger partial charge is 0.482 e. The predicted octanol–water partition coefficient (Wildman–Crippen LogP) is 3.02. The first-order chi connectivity index (χ1) is 14.8. The van der Waals surface area contributed by atoms with Crippen LogP contribution in [0.5, 0.6) is 5.75 Å². The zero-order valence-electron chi connectivity index (χ0n) is 16.9. The maximum absolute atomic E-state index is 13.3. The number of anilines is 2. The molecule has 2 heterocycles. The molecule has 1 saturated heterocycles. The van der Waals surface area contributed by atoms with E-state index in [1.54, 1.807) is 0 Å². The summed E-state index contributed by atoms with van der Waals surface area (Å²) in [7, 11) is -3.96. The number of rotatable bonds is 4. The number of para-hydroxylation sites is 1. The number of halogens is 1. The average molecular weight is 464 g/mol. The van der Waals surface area contributed by atoms with Gasteiger partial charge in [0.15, 0.2) is 6.61 Å². The van der Waals surface area contributed by atoms with Crippen LogP contribution in [0.15, 0.2) is 41.3 Å². The van der Waals surface area contributed by atoms with Crippen molar-refractivity contribution in [3.8, 4) is 5.75 Å². The predicted molar refractivity (Wildman–Crippen MR) is 117 cm³/mol. The number of nitrogens with zero attached hydrogens (tertiary/aromatic N) is 1. The summed E-state index contributed by atoms with van der Waals surface area (Å²) in [5, 5.41) is 5.48. The fourth-order valence-electron chi connectivity index (χ4n) is 3.74. The molecule has 2 aliphatic rings. The number of hydrogen-bond acceptors (Lipinski definition) is 5. The summed E-state index contributed by atoms with van der Waals surface area (Å²) < 4.78 is 33.2. The van der Waals surface area contributed by atoms with Crippen molar-refractivity contribution < 1.29 is 22.7 Å². The molecule has 1 atom stereocenters. The molecule has 164 valence electrons. The van der Waals surface area contributed by atoms with Gasteiger partial charge in [-0.25, -0.2) is 8.42 Å². The van der Waals surface area contributed by atoms with E-state index in [9.17, 15) is 18.0 Å². The molecule has 0 radical (unpaired) electrons. The number of carbonyl (C=O) groups is 2. The van der Waals surface area contributed by atoms with Gasteiger partial charge in [-0.3, -0.25) is 9.59 Å². The zero-order valence-corrected chi connectivity index (χ0v) is 18.4. The molecule has 2 N–H and O–H groups in total. The highest BCUT2D eigenvalue weighted by atomic mass is 35.5. The van der Waals surface area contributed by atoms with E-state index < -0.39 is 15.9 Å². The van der Waals surface area contributed by atoms with Crippen LogP contribution in [0.25, 0.3) is 0 Å². The van der Waals surface area contributed by atoms with Crippen LogP contribution in [0, 0.1) is 12.8 Å². The molecule has 2 amide bonds. The van der Waals surface area contributed by atoms with Crippen molar-refractivity contribution in [3.05, 3.63) is 47.0 Å². The van der Waals surface area contributed by atoms with Crippen LogP contribution < -0.4 is 15.4 Å². The Bertz CT molecular complexity index is 1150. The van der Waals surface area contributed by atoms with Gasteiger partial charge >= 0.3 is 0 Å². The molecule has 0 aromatic heterocycles. The van der Waals surface area contributed by atoms with Gasteiger partial charge in [0.05, 0.1) is 16.6 Å². The Kier molecular flexibility index (Phi) is 5.92. The third-order valence-corrected chi connectivity index (χ3v) is 7.77. The van der Waals surface area contributed by atoms with E-state index in [0.29, 0.717) is 30.8 Å². The number of carbonyl (C=O) groups excluding carboxylic acids is 2. The second kappa shape index (κ2) is 8.49. The van der Waals surface area contributed by atoms with Crippen molar-refractivity contribution in [2.24, 2.45) is 5.92 Å². The summed E-state index contributed by atoms with van der Waals surface area (Å²) in [6, 6.07) is 10.1. The van der Waals surface area contributed by atoms with Crippen molar-refractivity contribution in [1.29, 1.82) is 0 Å². The Hall–Kier alpha value is -2.62. The van der Waals surface area contributed by atoms with Crippen molar-refractivity contribution >= 4 is 44.8 Å². The lowest BCUT2D eigenvalue weighted by molar-refractivity contribution is -0.121. The van der Waals surface area contributed by atoms with Crippen LogP contribution in [0.1, 0.15) is 18.4 Å². The number of fused-ring (bicyclic) bond motifs is 1. The molecule has 8 nitrogen and oxygen atoms in total. The highest BCUT2D eigenvalue weighted by Gasteiger charge is 2.35. The van der Waals surface area contributed by atoms with Crippen LogP contribution in [-0.2, 0) is 19.6 Å². The van der Waals surface area contributed by atoms with E-state index in [0.717, 1.165) is 5.56 Å². The van der Waals surface area contributed by atoms with Crippen LogP contribution >= 0.6 is 11.6 Å². The first kappa shape index (κ1) is 21.6. The summed E-state index contributed by atoms with van der Waals surface area (Å²) in [5.41, 5.74) is 1.97. The lowest BCUT2D eigenvalue weighted by Gasteiger charge is -2.32. The Balaban J connectivity index is 1.54. The summed E-state index contributed by atoms with van der Waals surface area (Å²) in [5.74, 6) is -0.780. The molecule has 31 heavy (non-hydrogen) atoms. The Morgan fingerprint density at radius 3 is 2.84 bits per heavy atom. The number of piperidine rings is 1. The van der Waals surface area contributed by atoms with Crippen LogP contribution in [-0.4, -0.2) is 44.2 Å². The molecule has 2 aromatic carbocycles. The molecule has 0 aliphatic carbocycles. The van der Waals surface area contributed by atoms with Gasteiger partial charge in [0, 0.05) is 24.8 Å². The first-order valence-electron chi connectivity index (χ1n) is 9.88. The van der Waals surface area contributed by atoms with Gasteiger partial charge in [-0.2, -0.15) is 4.31 Å². The van der Waals surface area contributed by atoms with Crippen LogP contribution in [0.4, 0.5) is 11.4 Å². The standard InChI is InChI=1S/C21H22ClN3O5S/c1-13-5-2-3-7-16(13)24-21(27)14-6-4-8-25(11-14)31(28,29)19-10-18-17(9-15(19)22)23-20(26)12-30-18/h2-3,5,7,9-10,14H,4,6,8,11-12H2,1H3,(H,23,26)(H,24,27)/t14-/m1/s1. The van der Waals surface area contributed by atoms with Gasteiger partial charge in [0.2, 0.25) is 15.9 Å². The van der Waals surface area contributed by atoms with Crippen molar-refractivity contribution in [2.45, 2.75) is 24.7 Å². The fraction of sp³-hybridized carbons (Fsp3) is 0.333. The van der Waals surface area contributed by atoms with E-state index in [2.05, 4.69) is 10.6 Å². The molecular formula is C21H22ClN3O5S. The van der Waals surface area contributed by atoms with E-state index >= 15 is 0 Å². The van der Waals surface area contributed by atoms with Gasteiger partial charge in [-0.05, 0) is 37.5 Å². The summed E-state index contributed by atoms with van der Waals surface area (Å²) in [6.45, 7) is 2.06. The van der Waals surface area contributed by atoms with Crippen LogP contribution in [0.2, 0.25) is 5.02 Å². The third kappa shape index (κ3) is 4.39. The SMILES string of the molecule is Cc1ccccc1NC(=O)[C@@H]1CCCN(S(=O)(=O)c2cc3c(cc2Cl)NC(=O)CO3)C1. The van der Waals surface area contributed by atoms with Gasteiger partial charge in [-0.15, -0.1) is 0 Å². The zero-order chi connectivity index (χ0) is 22.2. The molecule has 4 rings (SSSR count). The third-order valence-electron chi connectivity index (χ3n) is 5.44. The van der Waals surface area contributed by atoms with Crippen molar-refractivity contribution in [1.82, 2.24) is 4.31 Å². The van der Waals surface area contributed by atoms with Gasteiger partial charge in [0.1, 0.15) is 10.6 Å². The summed E-state index contributed by atoms with van der Waals surface area (Å²) in [6.07, 6.45) is 1.15. The lowest BCUT2D eigenvalue weighted by Crippen LogP contribution is -2.43. The van der Waals surface area contributed by atoms with E-state index in [1.165, 1.54) is 16.4 Å².